The Morgan fingerprint density at radius 3 is 2.54 bits per heavy atom. The molecule has 72 valence electrons. The molecule has 1 aromatic carbocycles. The van der Waals surface area contributed by atoms with Crippen LogP contribution in [-0.2, 0) is 12.8 Å². The van der Waals surface area contributed by atoms with Crippen molar-refractivity contribution in [1.29, 1.82) is 0 Å². The van der Waals surface area contributed by atoms with Gasteiger partial charge in [-0.1, -0.05) is 38.1 Å². The SMILES string of the molecule is CCc1cccc(C[C@@H](O)CC)c1. The van der Waals surface area contributed by atoms with Crippen LogP contribution in [0, 0.1) is 0 Å². The van der Waals surface area contributed by atoms with E-state index in [-0.39, 0.29) is 6.10 Å². The van der Waals surface area contributed by atoms with E-state index in [1.807, 2.05) is 6.92 Å². The normalized spacial score (nSPS) is 12.8. The van der Waals surface area contributed by atoms with Crippen LogP contribution in [0.4, 0.5) is 0 Å². The molecule has 1 atom stereocenters. The highest BCUT2D eigenvalue weighted by atomic mass is 16.3. The molecule has 0 saturated carbocycles. The number of aliphatic hydroxyl groups excluding tert-OH is 1. The van der Waals surface area contributed by atoms with Crippen molar-refractivity contribution in [2.75, 3.05) is 0 Å². The summed E-state index contributed by atoms with van der Waals surface area (Å²) >= 11 is 0. The lowest BCUT2D eigenvalue weighted by atomic mass is 10.0. The van der Waals surface area contributed by atoms with Crippen molar-refractivity contribution in [1.82, 2.24) is 0 Å². The molecule has 0 aromatic heterocycles. The molecular formula is C12H18O. The fourth-order valence-corrected chi connectivity index (χ4v) is 1.39. The third-order valence-corrected chi connectivity index (χ3v) is 2.34. The molecule has 0 aliphatic rings. The molecule has 0 unspecified atom stereocenters. The number of aryl methyl sites for hydroxylation is 1. The van der Waals surface area contributed by atoms with Gasteiger partial charge in [-0.15, -0.1) is 0 Å². The van der Waals surface area contributed by atoms with E-state index in [0.717, 1.165) is 19.3 Å². The second-order valence-electron chi connectivity index (χ2n) is 3.44. The summed E-state index contributed by atoms with van der Waals surface area (Å²) in [5.74, 6) is 0. The van der Waals surface area contributed by atoms with Gasteiger partial charge < -0.3 is 5.11 Å². The summed E-state index contributed by atoms with van der Waals surface area (Å²) in [4.78, 5) is 0. The molecule has 0 bridgehead atoms. The lowest BCUT2D eigenvalue weighted by molar-refractivity contribution is 0.171. The number of aliphatic hydroxyl groups is 1. The topological polar surface area (TPSA) is 20.2 Å². The van der Waals surface area contributed by atoms with Crippen molar-refractivity contribution in [3.8, 4) is 0 Å². The first-order valence-corrected chi connectivity index (χ1v) is 5.02. The van der Waals surface area contributed by atoms with Crippen molar-refractivity contribution in [3.63, 3.8) is 0 Å². The molecule has 1 nitrogen and oxygen atoms in total. The Hall–Kier alpha value is -0.820. The summed E-state index contributed by atoms with van der Waals surface area (Å²) in [5, 5.41) is 9.47. The van der Waals surface area contributed by atoms with E-state index in [1.54, 1.807) is 0 Å². The van der Waals surface area contributed by atoms with E-state index < -0.39 is 0 Å². The first kappa shape index (κ1) is 10.3. The van der Waals surface area contributed by atoms with Crippen LogP contribution in [0.1, 0.15) is 31.4 Å². The largest absolute Gasteiger partial charge is 0.393 e. The van der Waals surface area contributed by atoms with Gasteiger partial charge in [-0.05, 0) is 30.4 Å². The first-order valence-electron chi connectivity index (χ1n) is 5.02. The summed E-state index contributed by atoms with van der Waals surface area (Å²) in [6.45, 7) is 4.16. The van der Waals surface area contributed by atoms with Gasteiger partial charge in [0.25, 0.3) is 0 Å². The predicted molar refractivity (Wildman–Crippen MR) is 55.8 cm³/mol. The zero-order valence-electron chi connectivity index (χ0n) is 8.46. The number of hydrogen-bond donors (Lipinski definition) is 1. The van der Waals surface area contributed by atoms with Crippen LogP contribution in [0.3, 0.4) is 0 Å². The smallest absolute Gasteiger partial charge is 0.0577 e. The molecule has 1 heteroatoms. The van der Waals surface area contributed by atoms with Crippen LogP contribution in [0.5, 0.6) is 0 Å². The molecule has 1 aromatic rings. The van der Waals surface area contributed by atoms with Crippen LogP contribution in [0.15, 0.2) is 24.3 Å². The third kappa shape index (κ3) is 3.19. The van der Waals surface area contributed by atoms with Gasteiger partial charge in [-0.3, -0.25) is 0 Å². The molecular weight excluding hydrogens is 160 g/mol. The molecule has 0 fully saturated rings. The van der Waals surface area contributed by atoms with Gasteiger partial charge in [0.2, 0.25) is 0 Å². The molecule has 0 aliphatic carbocycles. The summed E-state index contributed by atoms with van der Waals surface area (Å²) < 4.78 is 0. The van der Waals surface area contributed by atoms with Crippen molar-refractivity contribution in [2.45, 2.75) is 39.2 Å². The number of rotatable bonds is 4. The second-order valence-corrected chi connectivity index (χ2v) is 3.44. The highest BCUT2D eigenvalue weighted by Crippen LogP contribution is 2.09. The maximum Gasteiger partial charge on any atom is 0.0577 e. The molecule has 0 radical (unpaired) electrons. The third-order valence-electron chi connectivity index (χ3n) is 2.34. The van der Waals surface area contributed by atoms with E-state index >= 15 is 0 Å². The molecule has 0 aliphatic heterocycles. The number of hydrogen-bond acceptors (Lipinski definition) is 1. The minimum Gasteiger partial charge on any atom is -0.393 e. The zero-order chi connectivity index (χ0) is 9.68. The maximum absolute atomic E-state index is 9.47. The van der Waals surface area contributed by atoms with Crippen LogP contribution in [0.2, 0.25) is 0 Å². The zero-order valence-corrected chi connectivity index (χ0v) is 8.46. The van der Waals surface area contributed by atoms with Crippen LogP contribution >= 0.6 is 0 Å². The van der Waals surface area contributed by atoms with Gasteiger partial charge in [0.1, 0.15) is 0 Å². The lowest BCUT2D eigenvalue weighted by Crippen LogP contribution is -2.08. The highest BCUT2D eigenvalue weighted by Gasteiger charge is 2.02. The highest BCUT2D eigenvalue weighted by molar-refractivity contribution is 5.23. The van der Waals surface area contributed by atoms with Gasteiger partial charge in [0.15, 0.2) is 0 Å². The Kier molecular flexibility index (Phi) is 3.97. The monoisotopic (exact) mass is 178 g/mol. The van der Waals surface area contributed by atoms with Gasteiger partial charge in [-0.2, -0.15) is 0 Å². The van der Waals surface area contributed by atoms with E-state index in [2.05, 4.69) is 31.2 Å². The van der Waals surface area contributed by atoms with Crippen molar-refractivity contribution >= 4 is 0 Å². The van der Waals surface area contributed by atoms with Crippen LogP contribution in [-0.4, -0.2) is 11.2 Å². The average molecular weight is 178 g/mol. The van der Waals surface area contributed by atoms with Gasteiger partial charge in [0, 0.05) is 0 Å². The fourth-order valence-electron chi connectivity index (χ4n) is 1.39. The molecule has 0 amide bonds. The number of benzene rings is 1. The van der Waals surface area contributed by atoms with Crippen LogP contribution in [0.25, 0.3) is 0 Å². The molecule has 0 heterocycles. The van der Waals surface area contributed by atoms with Crippen LogP contribution < -0.4 is 0 Å². The summed E-state index contributed by atoms with van der Waals surface area (Å²) in [7, 11) is 0. The van der Waals surface area contributed by atoms with Crippen molar-refractivity contribution < 1.29 is 5.11 Å². The minimum absolute atomic E-state index is 0.188. The van der Waals surface area contributed by atoms with E-state index in [0.29, 0.717) is 0 Å². The van der Waals surface area contributed by atoms with E-state index in [9.17, 15) is 5.11 Å². The predicted octanol–water partition coefficient (Wildman–Crippen LogP) is 2.56. The molecule has 13 heavy (non-hydrogen) atoms. The second kappa shape index (κ2) is 5.03. The first-order chi connectivity index (χ1) is 6.26. The standard InChI is InChI=1S/C12H18O/c1-3-10-6-5-7-11(8-10)9-12(13)4-2/h5-8,12-13H,3-4,9H2,1-2H3/t12-/m0/s1. The van der Waals surface area contributed by atoms with Crippen molar-refractivity contribution in [3.05, 3.63) is 35.4 Å². The Bertz CT molecular complexity index is 255. The molecule has 0 saturated heterocycles. The Morgan fingerprint density at radius 1 is 1.23 bits per heavy atom. The minimum atomic E-state index is -0.188. The maximum atomic E-state index is 9.47. The van der Waals surface area contributed by atoms with E-state index in [1.165, 1.54) is 11.1 Å². The van der Waals surface area contributed by atoms with Crippen molar-refractivity contribution in [2.24, 2.45) is 0 Å². The molecule has 0 spiro atoms. The quantitative estimate of drug-likeness (QED) is 0.751. The Balaban J connectivity index is 2.66. The summed E-state index contributed by atoms with van der Waals surface area (Å²) in [5.41, 5.74) is 2.59. The Morgan fingerprint density at radius 2 is 1.92 bits per heavy atom. The molecule has 1 rings (SSSR count). The fraction of sp³-hybridized carbons (Fsp3) is 0.500. The average Bonchev–Trinajstić information content (AvgIpc) is 2.18. The molecule has 1 N–H and O–H groups in total. The lowest BCUT2D eigenvalue weighted by Gasteiger charge is -2.08. The van der Waals surface area contributed by atoms with Gasteiger partial charge in [0.05, 0.1) is 6.10 Å². The summed E-state index contributed by atoms with van der Waals surface area (Å²) in [6.07, 6.45) is 2.49. The van der Waals surface area contributed by atoms with E-state index in [4.69, 9.17) is 0 Å². The van der Waals surface area contributed by atoms with Gasteiger partial charge in [-0.25, -0.2) is 0 Å². The van der Waals surface area contributed by atoms with Gasteiger partial charge >= 0.3 is 0 Å². The Labute approximate surface area is 80.4 Å². The summed E-state index contributed by atoms with van der Waals surface area (Å²) in [6, 6.07) is 8.45.